The summed E-state index contributed by atoms with van der Waals surface area (Å²) in [6.45, 7) is 0. The lowest BCUT2D eigenvalue weighted by Gasteiger charge is -2.08. The largest absolute Gasteiger partial charge is 0.493 e. The highest BCUT2D eigenvalue weighted by Crippen LogP contribution is 2.28. The lowest BCUT2D eigenvalue weighted by Crippen LogP contribution is -2.05. The monoisotopic (exact) mass is 415 g/mol. The first kappa shape index (κ1) is 19.8. The van der Waals surface area contributed by atoms with Gasteiger partial charge >= 0.3 is 5.97 Å². The van der Waals surface area contributed by atoms with E-state index in [2.05, 4.69) is 4.99 Å². The number of nitrogens with zero attached hydrogens (tertiary/aromatic N) is 1. The van der Waals surface area contributed by atoms with Crippen LogP contribution in [0.3, 0.4) is 0 Å². The number of halogens is 2. The van der Waals surface area contributed by atoms with E-state index in [0.717, 1.165) is 4.88 Å². The molecule has 2 aromatic carbocycles. The molecule has 1 aromatic heterocycles. The summed E-state index contributed by atoms with van der Waals surface area (Å²) in [5.74, 6) is -0.320. The lowest BCUT2D eigenvalue weighted by molar-refractivity contribution is -0.129. The minimum absolute atomic E-state index is 0.00472. The van der Waals surface area contributed by atoms with Gasteiger partial charge in [-0.1, -0.05) is 17.7 Å². The van der Waals surface area contributed by atoms with Gasteiger partial charge in [-0.25, -0.2) is 9.18 Å². The fourth-order valence-corrected chi connectivity index (χ4v) is 3.03. The van der Waals surface area contributed by atoms with Gasteiger partial charge in [0.1, 0.15) is 5.82 Å². The molecule has 0 unspecified atom stereocenters. The Labute approximate surface area is 170 Å². The van der Waals surface area contributed by atoms with Crippen LogP contribution < -0.4 is 9.47 Å². The normalized spacial score (nSPS) is 11.2. The highest BCUT2D eigenvalue weighted by atomic mass is 35.5. The van der Waals surface area contributed by atoms with Crippen molar-refractivity contribution in [2.45, 2.75) is 0 Å². The van der Waals surface area contributed by atoms with Crippen LogP contribution in [0.25, 0.3) is 6.08 Å². The molecule has 0 fully saturated rings. The number of hydrogen-bond donors (Lipinski definition) is 0. The first-order valence-electron chi connectivity index (χ1n) is 8.16. The van der Waals surface area contributed by atoms with E-state index < -0.39 is 11.8 Å². The SMILES string of the molecule is COc1cc(C=Nc2ccc(F)c(Cl)c2)ccc1OC(=O)/C=C/c1cccs1. The van der Waals surface area contributed by atoms with Crippen molar-refractivity contribution in [1.82, 2.24) is 0 Å². The second-order valence-corrected chi connectivity index (χ2v) is 6.92. The Kier molecular flexibility index (Phi) is 6.57. The zero-order valence-electron chi connectivity index (χ0n) is 14.8. The molecule has 0 spiro atoms. The molecule has 0 N–H and O–H groups in total. The van der Waals surface area contributed by atoms with E-state index in [1.807, 2.05) is 17.5 Å². The standard InChI is InChI=1S/C21H15ClFNO3S/c1-26-20-11-14(13-24-15-5-7-18(23)17(22)12-15)4-8-19(20)27-21(25)9-6-16-3-2-10-28-16/h2-13H,1H3/b9-6+,24-13?. The van der Waals surface area contributed by atoms with Crippen molar-refractivity contribution in [1.29, 1.82) is 0 Å². The van der Waals surface area contributed by atoms with Crippen molar-refractivity contribution in [2.24, 2.45) is 4.99 Å². The summed E-state index contributed by atoms with van der Waals surface area (Å²) in [5.41, 5.74) is 1.23. The number of benzene rings is 2. The molecular weight excluding hydrogens is 401 g/mol. The number of carbonyl (C=O) groups is 1. The minimum Gasteiger partial charge on any atom is -0.493 e. The smallest absolute Gasteiger partial charge is 0.336 e. The van der Waals surface area contributed by atoms with Gasteiger partial charge in [-0.2, -0.15) is 0 Å². The summed E-state index contributed by atoms with van der Waals surface area (Å²) >= 11 is 7.27. The van der Waals surface area contributed by atoms with Gasteiger partial charge in [-0.15, -0.1) is 11.3 Å². The highest BCUT2D eigenvalue weighted by Gasteiger charge is 2.09. The number of aliphatic imine (C=N–C) groups is 1. The number of thiophene rings is 1. The van der Waals surface area contributed by atoms with Gasteiger partial charge in [0.05, 0.1) is 17.8 Å². The number of hydrogen-bond acceptors (Lipinski definition) is 5. The summed E-state index contributed by atoms with van der Waals surface area (Å²) in [6.07, 6.45) is 4.63. The minimum atomic E-state index is -0.505. The van der Waals surface area contributed by atoms with Gasteiger partial charge in [0.15, 0.2) is 11.5 Å². The first-order valence-corrected chi connectivity index (χ1v) is 9.41. The van der Waals surface area contributed by atoms with Gasteiger partial charge < -0.3 is 9.47 Å². The van der Waals surface area contributed by atoms with Crippen molar-refractivity contribution >= 4 is 46.9 Å². The fraction of sp³-hybridized carbons (Fsp3) is 0.0476. The van der Waals surface area contributed by atoms with E-state index in [-0.39, 0.29) is 5.02 Å². The van der Waals surface area contributed by atoms with Crippen LogP contribution in [-0.4, -0.2) is 19.3 Å². The maximum absolute atomic E-state index is 13.2. The third-order valence-corrected chi connectivity index (χ3v) is 4.72. The average Bonchev–Trinajstić information content (AvgIpc) is 3.22. The Morgan fingerprint density at radius 2 is 2.04 bits per heavy atom. The molecule has 0 aliphatic heterocycles. The molecule has 0 saturated heterocycles. The third-order valence-electron chi connectivity index (χ3n) is 3.59. The summed E-state index contributed by atoms with van der Waals surface area (Å²) in [4.78, 5) is 17.2. The second-order valence-electron chi connectivity index (χ2n) is 5.54. The lowest BCUT2D eigenvalue weighted by atomic mass is 10.2. The number of rotatable bonds is 6. The van der Waals surface area contributed by atoms with Crippen molar-refractivity contribution in [2.75, 3.05) is 7.11 Å². The molecule has 0 aliphatic carbocycles. The van der Waals surface area contributed by atoms with E-state index in [0.29, 0.717) is 22.7 Å². The Bertz CT molecular complexity index is 1030. The van der Waals surface area contributed by atoms with Crippen LogP contribution in [0.5, 0.6) is 11.5 Å². The summed E-state index contributed by atoms with van der Waals surface area (Å²) in [5, 5.41) is 1.93. The van der Waals surface area contributed by atoms with Crippen LogP contribution in [0.1, 0.15) is 10.4 Å². The highest BCUT2D eigenvalue weighted by molar-refractivity contribution is 7.10. The molecule has 28 heavy (non-hydrogen) atoms. The van der Waals surface area contributed by atoms with Gasteiger partial charge in [0.2, 0.25) is 0 Å². The molecule has 0 aliphatic rings. The van der Waals surface area contributed by atoms with E-state index in [1.54, 1.807) is 30.5 Å². The van der Waals surface area contributed by atoms with Gasteiger partial charge in [-0.05, 0) is 59.5 Å². The van der Waals surface area contributed by atoms with Crippen LogP contribution in [0.4, 0.5) is 10.1 Å². The zero-order valence-corrected chi connectivity index (χ0v) is 16.3. The van der Waals surface area contributed by atoms with E-state index >= 15 is 0 Å². The molecular formula is C21H15ClFNO3S. The van der Waals surface area contributed by atoms with Crippen LogP contribution in [0, 0.1) is 5.82 Å². The average molecular weight is 416 g/mol. The summed E-state index contributed by atoms with van der Waals surface area (Å²) < 4.78 is 23.8. The number of methoxy groups -OCH3 is 1. The molecule has 0 amide bonds. The summed E-state index contributed by atoms with van der Waals surface area (Å²) in [6, 6.07) is 13.0. The maximum Gasteiger partial charge on any atom is 0.336 e. The van der Waals surface area contributed by atoms with Gasteiger partial charge in [0.25, 0.3) is 0 Å². The third kappa shape index (κ3) is 5.28. The van der Waals surface area contributed by atoms with Crippen molar-refractivity contribution in [3.63, 3.8) is 0 Å². The quantitative estimate of drug-likeness (QED) is 0.217. The molecule has 1 heterocycles. The molecule has 7 heteroatoms. The molecule has 0 saturated carbocycles. The first-order chi connectivity index (χ1) is 13.5. The molecule has 3 aromatic rings. The van der Waals surface area contributed by atoms with Crippen LogP contribution in [0.15, 0.2) is 65.0 Å². The fourth-order valence-electron chi connectivity index (χ4n) is 2.24. The topological polar surface area (TPSA) is 47.9 Å². The van der Waals surface area contributed by atoms with Crippen molar-refractivity contribution in [3.8, 4) is 11.5 Å². The number of carbonyl (C=O) groups excluding carboxylic acids is 1. The Morgan fingerprint density at radius 1 is 1.18 bits per heavy atom. The Balaban J connectivity index is 1.71. The van der Waals surface area contributed by atoms with Crippen LogP contribution in [-0.2, 0) is 4.79 Å². The molecule has 0 radical (unpaired) electrons. The van der Waals surface area contributed by atoms with Crippen LogP contribution >= 0.6 is 22.9 Å². The second kappa shape index (κ2) is 9.30. The Morgan fingerprint density at radius 3 is 2.75 bits per heavy atom. The Hall–Kier alpha value is -2.96. The van der Waals surface area contributed by atoms with Gasteiger partial charge in [-0.3, -0.25) is 4.99 Å². The zero-order chi connectivity index (χ0) is 19.9. The molecule has 3 rings (SSSR count). The molecule has 142 valence electrons. The van der Waals surface area contributed by atoms with E-state index in [9.17, 15) is 9.18 Å². The maximum atomic E-state index is 13.2. The number of esters is 1. The van der Waals surface area contributed by atoms with Crippen molar-refractivity contribution in [3.05, 3.63) is 81.3 Å². The molecule has 0 bridgehead atoms. The molecule has 4 nitrogen and oxygen atoms in total. The van der Waals surface area contributed by atoms with E-state index in [1.165, 1.54) is 42.7 Å². The van der Waals surface area contributed by atoms with Crippen molar-refractivity contribution < 1.29 is 18.7 Å². The molecule has 0 atom stereocenters. The number of ether oxygens (including phenoxy) is 2. The van der Waals surface area contributed by atoms with Crippen LogP contribution in [0.2, 0.25) is 5.02 Å². The van der Waals surface area contributed by atoms with Gasteiger partial charge in [0, 0.05) is 17.2 Å². The predicted molar refractivity (Wildman–Crippen MR) is 111 cm³/mol. The van der Waals surface area contributed by atoms with E-state index in [4.69, 9.17) is 21.1 Å². The summed E-state index contributed by atoms with van der Waals surface area (Å²) in [7, 11) is 1.48. The predicted octanol–water partition coefficient (Wildman–Crippen LogP) is 5.92.